The Morgan fingerprint density at radius 1 is 1.50 bits per heavy atom. The van der Waals surface area contributed by atoms with Gasteiger partial charge in [-0.25, -0.2) is 4.79 Å². The van der Waals surface area contributed by atoms with Crippen molar-refractivity contribution in [3.63, 3.8) is 0 Å². The van der Waals surface area contributed by atoms with Gasteiger partial charge in [0.05, 0.1) is 0 Å². The molecule has 0 aliphatic rings. The van der Waals surface area contributed by atoms with Crippen molar-refractivity contribution in [2.45, 2.75) is 46.2 Å². The van der Waals surface area contributed by atoms with Gasteiger partial charge in [0, 0.05) is 31.5 Å². The van der Waals surface area contributed by atoms with E-state index in [1.807, 2.05) is 30.9 Å². The van der Waals surface area contributed by atoms with Crippen LogP contribution in [-0.2, 0) is 6.54 Å². The Labute approximate surface area is 109 Å². The summed E-state index contributed by atoms with van der Waals surface area (Å²) < 4.78 is 0. The summed E-state index contributed by atoms with van der Waals surface area (Å²) in [7, 11) is 0. The molecule has 0 saturated heterocycles. The summed E-state index contributed by atoms with van der Waals surface area (Å²) in [6, 6.07) is 4.05. The predicted octanol–water partition coefficient (Wildman–Crippen LogP) is 2.80. The zero-order valence-electron chi connectivity index (χ0n) is 11.5. The second kappa shape index (κ2) is 7.69. The summed E-state index contributed by atoms with van der Waals surface area (Å²) in [6.07, 6.45) is 5.65. The van der Waals surface area contributed by atoms with Gasteiger partial charge in [-0.2, -0.15) is 0 Å². The quantitative estimate of drug-likeness (QED) is 0.788. The highest BCUT2D eigenvalue weighted by atomic mass is 16.2. The molecule has 1 heterocycles. The van der Waals surface area contributed by atoms with Crippen molar-refractivity contribution >= 4 is 6.03 Å². The number of amides is 2. The Balaban J connectivity index is 2.57. The van der Waals surface area contributed by atoms with Gasteiger partial charge in [0.2, 0.25) is 0 Å². The molecule has 4 nitrogen and oxygen atoms in total. The largest absolute Gasteiger partial charge is 0.338 e. The monoisotopic (exact) mass is 249 g/mol. The number of rotatable bonds is 6. The van der Waals surface area contributed by atoms with Gasteiger partial charge in [-0.15, -0.1) is 0 Å². The normalized spacial score (nSPS) is 10.4. The van der Waals surface area contributed by atoms with E-state index in [1.165, 1.54) is 0 Å². The average Bonchev–Trinajstić information content (AvgIpc) is 2.37. The summed E-state index contributed by atoms with van der Waals surface area (Å²) in [5, 5.41) is 2.95. The Kier molecular flexibility index (Phi) is 6.19. The lowest BCUT2D eigenvalue weighted by atomic mass is 10.2. The van der Waals surface area contributed by atoms with Crippen LogP contribution in [0.1, 0.15) is 39.2 Å². The summed E-state index contributed by atoms with van der Waals surface area (Å²) in [5.74, 6) is 0. The van der Waals surface area contributed by atoms with Crippen molar-refractivity contribution in [3.8, 4) is 0 Å². The molecular formula is C14H23N3O. The molecule has 0 aliphatic heterocycles. The highest BCUT2D eigenvalue weighted by molar-refractivity contribution is 5.74. The van der Waals surface area contributed by atoms with Crippen molar-refractivity contribution in [1.82, 2.24) is 15.2 Å². The van der Waals surface area contributed by atoms with Gasteiger partial charge in [-0.1, -0.05) is 19.4 Å². The van der Waals surface area contributed by atoms with Crippen molar-refractivity contribution in [1.29, 1.82) is 0 Å². The van der Waals surface area contributed by atoms with Crippen molar-refractivity contribution in [3.05, 3.63) is 30.1 Å². The van der Waals surface area contributed by atoms with Gasteiger partial charge < -0.3 is 10.2 Å². The van der Waals surface area contributed by atoms with Crippen LogP contribution in [0.2, 0.25) is 0 Å². The minimum Gasteiger partial charge on any atom is -0.338 e. The predicted molar refractivity (Wildman–Crippen MR) is 73.2 cm³/mol. The highest BCUT2D eigenvalue weighted by Crippen LogP contribution is 2.07. The molecule has 0 unspecified atom stereocenters. The first-order valence-corrected chi connectivity index (χ1v) is 6.58. The maximum Gasteiger partial charge on any atom is 0.317 e. The van der Waals surface area contributed by atoms with Crippen LogP contribution in [0.5, 0.6) is 0 Å². The van der Waals surface area contributed by atoms with Crippen molar-refractivity contribution in [2.75, 3.05) is 6.54 Å². The lowest BCUT2D eigenvalue weighted by Crippen LogP contribution is -2.43. The van der Waals surface area contributed by atoms with Gasteiger partial charge in [0.1, 0.15) is 0 Å². The van der Waals surface area contributed by atoms with E-state index in [4.69, 9.17) is 0 Å². The smallest absolute Gasteiger partial charge is 0.317 e. The van der Waals surface area contributed by atoms with Crippen LogP contribution >= 0.6 is 0 Å². The van der Waals surface area contributed by atoms with Gasteiger partial charge in [-0.3, -0.25) is 4.98 Å². The number of carbonyl (C=O) groups excluding carboxylic acids is 1. The lowest BCUT2D eigenvalue weighted by molar-refractivity contribution is 0.179. The number of aromatic nitrogens is 1. The van der Waals surface area contributed by atoms with E-state index < -0.39 is 0 Å². The summed E-state index contributed by atoms with van der Waals surface area (Å²) in [4.78, 5) is 18.0. The van der Waals surface area contributed by atoms with Crippen LogP contribution in [0, 0.1) is 0 Å². The third kappa shape index (κ3) is 4.73. The van der Waals surface area contributed by atoms with Crippen molar-refractivity contribution < 1.29 is 4.79 Å². The molecule has 0 radical (unpaired) electrons. The highest BCUT2D eigenvalue weighted by Gasteiger charge is 2.16. The number of hydrogen-bond acceptors (Lipinski definition) is 2. The molecule has 0 aliphatic carbocycles. The fraction of sp³-hybridized carbons (Fsp3) is 0.571. The van der Waals surface area contributed by atoms with Crippen LogP contribution in [0.4, 0.5) is 4.79 Å². The van der Waals surface area contributed by atoms with Crippen LogP contribution in [0.15, 0.2) is 24.5 Å². The number of pyridine rings is 1. The van der Waals surface area contributed by atoms with E-state index >= 15 is 0 Å². The molecule has 1 rings (SSSR count). The van der Waals surface area contributed by atoms with E-state index in [1.54, 1.807) is 12.4 Å². The number of urea groups is 1. The van der Waals surface area contributed by atoms with Crippen LogP contribution in [0.25, 0.3) is 0 Å². The fourth-order valence-corrected chi connectivity index (χ4v) is 1.65. The molecule has 0 bridgehead atoms. The minimum absolute atomic E-state index is 0.00213. The first-order chi connectivity index (χ1) is 8.65. The molecule has 100 valence electrons. The molecule has 0 atom stereocenters. The first-order valence-electron chi connectivity index (χ1n) is 6.58. The Morgan fingerprint density at radius 2 is 2.28 bits per heavy atom. The molecule has 18 heavy (non-hydrogen) atoms. The van der Waals surface area contributed by atoms with Gasteiger partial charge >= 0.3 is 6.03 Å². The number of nitrogens with one attached hydrogen (secondary N) is 1. The minimum atomic E-state index is 0.00213. The standard InChI is InChI=1S/C14H23N3O/c1-4-5-9-16-14(18)17(12(2)3)11-13-7-6-8-15-10-13/h6-8,10,12H,4-5,9,11H2,1-3H3,(H,16,18). The zero-order chi connectivity index (χ0) is 13.4. The molecule has 4 heteroatoms. The number of unbranched alkanes of at least 4 members (excludes halogenated alkanes) is 1. The number of hydrogen-bond donors (Lipinski definition) is 1. The SMILES string of the molecule is CCCCNC(=O)N(Cc1cccnc1)C(C)C. The molecular weight excluding hydrogens is 226 g/mol. The summed E-state index contributed by atoms with van der Waals surface area (Å²) >= 11 is 0. The summed E-state index contributed by atoms with van der Waals surface area (Å²) in [5.41, 5.74) is 1.05. The third-order valence-corrected chi connectivity index (χ3v) is 2.77. The van der Waals surface area contributed by atoms with E-state index in [0.29, 0.717) is 6.54 Å². The second-order valence-electron chi connectivity index (χ2n) is 4.67. The first kappa shape index (κ1) is 14.5. The molecule has 0 aromatic carbocycles. The number of nitrogens with zero attached hydrogens (tertiary/aromatic N) is 2. The Morgan fingerprint density at radius 3 is 2.83 bits per heavy atom. The van der Waals surface area contributed by atoms with Crippen LogP contribution < -0.4 is 5.32 Å². The topological polar surface area (TPSA) is 45.2 Å². The zero-order valence-corrected chi connectivity index (χ0v) is 11.5. The van der Waals surface area contributed by atoms with E-state index in [0.717, 1.165) is 24.9 Å². The molecule has 1 aromatic rings. The Bertz CT molecular complexity index is 351. The van der Waals surface area contributed by atoms with Crippen LogP contribution in [-0.4, -0.2) is 28.5 Å². The van der Waals surface area contributed by atoms with Crippen molar-refractivity contribution in [2.24, 2.45) is 0 Å². The molecule has 2 amide bonds. The van der Waals surface area contributed by atoms with E-state index in [2.05, 4.69) is 17.2 Å². The van der Waals surface area contributed by atoms with Crippen LogP contribution in [0.3, 0.4) is 0 Å². The molecule has 0 saturated carbocycles. The third-order valence-electron chi connectivity index (χ3n) is 2.77. The molecule has 0 fully saturated rings. The molecule has 0 spiro atoms. The average molecular weight is 249 g/mol. The van der Waals surface area contributed by atoms with Gasteiger partial charge in [0.25, 0.3) is 0 Å². The number of carbonyl (C=O) groups is 1. The molecule has 1 N–H and O–H groups in total. The van der Waals surface area contributed by atoms with E-state index in [-0.39, 0.29) is 12.1 Å². The lowest BCUT2D eigenvalue weighted by Gasteiger charge is -2.27. The second-order valence-corrected chi connectivity index (χ2v) is 4.67. The fourth-order valence-electron chi connectivity index (χ4n) is 1.65. The molecule has 1 aromatic heterocycles. The maximum absolute atomic E-state index is 12.1. The van der Waals surface area contributed by atoms with E-state index in [9.17, 15) is 4.79 Å². The Hall–Kier alpha value is -1.58. The maximum atomic E-state index is 12.1. The van der Waals surface area contributed by atoms with Gasteiger partial charge in [0.15, 0.2) is 0 Å². The van der Waals surface area contributed by atoms with Gasteiger partial charge in [-0.05, 0) is 31.9 Å². The summed E-state index contributed by atoms with van der Waals surface area (Å²) in [6.45, 7) is 7.50.